The maximum absolute atomic E-state index is 12.5. The summed E-state index contributed by atoms with van der Waals surface area (Å²) in [4.78, 5) is 16.5. The Hall–Kier alpha value is -3.23. The number of rotatable bonds is 6. The molecule has 8 heteroatoms. The van der Waals surface area contributed by atoms with Gasteiger partial charge in [-0.1, -0.05) is 12.1 Å². The molecule has 156 valence electrons. The molecule has 0 spiro atoms. The highest BCUT2D eigenvalue weighted by atomic mass is 32.2. The predicted molar refractivity (Wildman–Crippen MR) is 112 cm³/mol. The lowest BCUT2D eigenvalue weighted by molar-refractivity contribution is 0.0734. The molecule has 0 bridgehead atoms. The van der Waals surface area contributed by atoms with Crippen molar-refractivity contribution in [3.8, 4) is 17.4 Å². The maximum atomic E-state index is 12.5. The Kier molecular flexibility index (Phi) is 6.19. The number of benzene rings is 2. The van der Waals surface area contributed by atoms with E-state index in [2.05, 4.69) is 9.71 Å². The second-order valence-electron chi connectivity index (χ2n) is 7.51. The molecule has 1 heterocycles. The number of carbonyl (C=O) groups excluding carboxylic acids is 1. The highest BCUT2D eigenvalue weighted by Gasteiger charge is 2.23. The van der Waals surface area contributed by atoms with Gasteiger partial charge in [0, 0.05) is 17.8 Å². The fourth-order valence-corrected chi connectivity index (χ4v) is 3.99. The Balaban J connectivity index is 1.70. The molecule has 30 heavy (non-hydrogen) atoms. The number of esters is 1. The molecular formula is C22H22N2O5S. The molecule has 1 aromatic heterocycles. The van der Waals surface area contributed by atoms with Crippen molar-refractivity contribution < 1.29 is 22.7 Å². The van der Waals surface area contributed by atoms with Crippen LogP contribution in [0.1, 0.15) is 31.1 Å². The second-order valence-corrected chi connectivity index (χ2v) is 9.20. The average Bonchev–Trinajstić information content (AvgIpc) is 2.69. The van der Waals surface area contributed by atoms with Crippen molar-refractivity contribution >= 4 is 16.0 Å². The standard InChI is InChI=1S/C22H22N2O5S/c1-22(2,3)24-30(26,27)19-8-6-7-16(15-19)21(25)29-18-12-10-17(11-13-18)28-20-9-4-5-14-23-20/h4-15,24H,1-3H3. The van der Waals surface area contributed by atoms with E-state index in [0.29, 0.717) is 17.4 Å². The molecular weight excluding hydrogens is 404 g/mol. The normalized spacial score (nSPS) is 11.7. The van der Waals surface area contributed by atoms with E-state index in [-0.39, 0.29) is 10.5 Å². The third-order valence-corrected chi connectivity index (χ3v) is 5.47. The van der Waals surface area contributed by atoms with Crippen LogP contribution in [0.2, 0.25) is 0 Å². The van der Waals surface area contributed by atoms with Crippen molar-refractivity contribution in [2.75, 3.05) is 0 Å². The van der Waals surface area contributed by atoms with Gasteiger partial charge in [-0.15, -0.1) is 0 Å². The first-order valence-electron chi connectivity index (χ1n) is 9.18. The zero-order chi connectivity index (χ0) is 21.8. The Morgan fingerprint density at radius 1 is 0.933 bits per heavy atom. The van der Waals surface area contributed by atoms with Gasteiger partial charge in [0.1, 0.15) is 11.5 Å². The summed E-state index contributed by atoms with van der Waals surface area (Å²) in [5.41, 5.74) is -0.519. The van der Waals surface area contributed by atoms with Crippen LogP contribution in [0.5, 0.6) is 17.4 Å². The van der Waals surface area contributed by atoms with Crippen LogP contribution in [-0.4, -0.2) is 24.9 Å². The molecule has 0 unspecified atom stereocenters. The fraction of sp³-hybridized carbons (Fsp3) is 0.182. The molecule has 0 radical (unpaired) electrons. The molecule has 0 fully saturated rings. The Morgan fingerprint density at radius 3 is 2.27 bits per heavy atom. The summed E-state index contributed by atoms with van der Waals surface area (Å²) < 4.78 is 38.5. The molecule has 0 saturated carbocycles. The smallest absolute Gasteiger partial charge is 0.343 e. The SMILES string of the molecule is CC(C)(C)NS(=O)(=O)c1cccc(C(=O)Oc2ccc(Oc3ccccn3)cc2)c1. The van der Waals surface area contributed by atoms with E-state index in [0.717, 1.165) is 0 Å². The minimum atomic E-state index is -3.76. The van der Waals surface area contributed by atoms with Gasteiger partial charge < -0.3 is 9.47 Å². The number of hydrogen-bond donors (Lipinski definition) is 1. The van der Waals surface area contributed by atoms with Crippen LogP contribution in [0.3, 0.4) is 0 Å². The number of hydrogen-bond acceptors (Lipinski definition) is 6. The highest BCUT2D eigenvalue weighted by molar-refractivity contribution is 7.89. The Morgan fingerprint density at radius 2 is 1.63 bits per heavy atom. The first-order valence-corrected chi connectivity index (χ1v) is 10.7. The molecule has 0 aliphatic rings. The summed E-state index contributed by atoms with van der Waals surface area (Å²) in [7, 11) is -3.76. The minimum absolute atomic E-state index is 0.00835. The van der Waals surface area contributed by atoms with Crippen LogP contribution >= 0.6 is 0 Å². The van der Waals surface area contributed by atoms with Gasteiger partial charge in [0.15, 0.2) is 0 Å². The molecule has 0 aliphatic carbocycles. The van der Waals surface area contributed by atoms with E-state index >= 15 is 0 Å². The fourth-order valence-electron chi connectivity index (χ4n) is 2.52. The summed E-state index contributed by atoms with van der Waals surface area (Å²) in [5.74, 6) is 0.620. The van der Waals surface area contributed by atoms with E-state index in [9.17, 15) is 13.2 Å². The Labute approximate surface area is 175 Å². The maximum Gasteiger partial charge on any atom is 0.343 e. The first kappa shape index (κ1) is 21.5. The van der Waals surface area contributed by atoms with Crippen molar-refractivity contribution in [1.29, 1.82) is 0 Å². The van der Waals surface area contributed by atoms with Gasteiger partial charge in [0.05, 0.1) is 10.5 Å². The predicted octanol–water partition coefficient (Wildman–Crippen LogP) is 4.17. The molecule has 0 amide bonds. The van der Waals surface area contributed by atoms with Crippen LogP contribution in [-0.2, 0) is 10.0 Å². The number of nitrogens with one attached hydrogen (secondary N) is 1. The highest BCUT2D eigenvalue weighted by Crippen LogP contribution is 2.23. The molecule has 0 atom stereocenters. The number of ether oxygens (including phenoxy) is 2. The van der Waals surface area contributed by atoms with Gasteiger partial charge in [0.25, 0.3) is 0 Å². The number of nitrogens with zero attached hydrogens (tertiary/aromatic N) is 1. The van der Waals surface area contributed by atoms with E-state index in [4.69, 9.17) is 9.47 Å². The monoisotopic (exact) mass is 426 g/mol. The zero-order valence-electron chi connectivity index (χ0n) is 16.8. The van der Waals surface area contributed by atoms with Crippen molar-refractivity contribution in [3.05, 3.63) is 78.5 Å². The lowest BCUT2D eigenvalue weighted by Crippen LogP contribution is -2.40. The molecule has 2 aromatic carbocycles. The first-order chi connectivity index (χ1) is 14.1. The van der Waals surface area contributed by atoms with Gasteiger partial charge in [-0.05, 0) is 69.3 Å². The van der Waals surface area contributed by atoms with Crippen molar-refractivity contribution in [1.82, 2.24) is 9.71 Å². The average molecular weight is 426 g/mol. The van der Waals surface area contributed by atoms with Gasteiger partial charge in [0.2, 0.25) is 15.9 Å². The summed E-state index contributed by atoms with van der Waals surface area (Å²) >= 11 is 0. The topological polar surface area (TPSA) is 94.6 Å². The second kappa shape index (κ2) is 8.64. The number of pyridine rings is 1. The minimum Gasteiger partial charge on any atom is -0.439 e. The van der Waals surface area contributed by atoms with E-state index in [1.54, 1.807) is 63.4 Å². The summed E-state index contributed by atoms with van der Waals surface area (Å²) in [5, 5.41) is 0. The van der Waals surface area contributed by atoms with Crippen LogP contribution in [0.4, 0.5) is 0 Å². The number of sulfonamides is 1. The lowest BCUT2D eigenvalue weighted by Gasteiger charge is -2.20. The summed E-state index contributed by atoms with van der Waals surface area (Å²) in [6.07, 6.45) is 1.62. The Bertz CT molecular complexity index is 1120. The third kappa shape index (κ3) is 5.88. The summed E-state index contributed by atoms with van der Waals surface area (Å²) in [6.45, 7) is 5.22. The zero-order valence-corrected chi connectivity index (χ0v) is 17.6. The van der Waals surface area contributed by atoms with E-state index < -0.39 is 21.5 Å². The van der Waals surface area contributed by atoms with Crippen LogP contribution in [0.15, 0.2) is 77.8 Å². The molecule has 3 rings (SSSR count). The number of carbonyl (C=O) groups is 1. The van der Waals surface area contributed by atoms with Gasteiger partial charge in [-0.2, -0.15) is 0 Å². The molecule has 7 nitrogen and oxygen atoms in total. The molecule has 1 N–H and O–H groups in total. The van der Waals surface area contributed by atoms with Crippen molar-refractivity contribution in [2.24, 2.45) is 0 Å². The van der Waals surface area contributed by atoms with Crippen LogP contribution in [0, 0.1) is 0 Å². The third-order valence-electron chi connectivity index (χ3n) is 3.72. The molecule has 0 saturated heterocycles. The summed E-state index contributed by atoms with van der Waals surface area (Å²) in [6, 6.07) is 17.5. The van der Waals surface area contributed by atoms with Gasteiger partial charge >= 0.3 is 5.97 Å². The molecule has 0 aliphatic heterocycles. The van der Waals surface area contributed by atoms with Crippen molar-refractivity contribution in [3.63, 3.8) is 0 Å². The number of aromatic nitrogens is 1. The molecule has 3 aromatic rings. The lowest BCUT2D eigenvalue weighted by atomic mass is 10.1. The van der Waals surface area contributed by atoms with E-state index in [1.807, 2.05) is 6.07 Å². The van der Waals surface area contributed by atoms with E-state index in [1.165, 1.54) is 24.3 Å². The largest absolute Gasteiger partial charge is 0.439 e. The van der Waals surface area contributed by atoms with Gasteiger partial charge in [-0.25, -0.2) is 22.9 Å². The quantitative estimate of drug-likeness (QED) is 0.470. The van der Waals surface area contributed by atoms with Gasteiger partial charge in [-0.3, -0.25) is 0 Å². The van der Waals surface area contributed by atoms with Crippen molar-refractivity contribution in [2.45, 2.75) is 31.2 Å². The van der Waals surface area contributed by atoms with Crippen LogP contribution in [0.25, 0.3) is 0 Å². The van der Waals surface area contributed by atoms with Crippen LogP contribution < -0.4 is 14.2 Å².